The second kappa shape index (κ2) is 8.81. The number of carboxylic acid groups (broad SMARTS) is 1. The summed E-state index contributed by atoms with van der Waals surface area (Å²) in [6.07, 6.45) is 0.473. The number of aromatic carboxylic acids is 1. The highest BCUT2D eigenvalue weighted by molar-refractivity contribution is 6.05. The van der Waals surface area contributed by atoms with Gasteiger partial charge in [0.25, 0.3) is 0 Å². The maximum atomic E-state index is 13.3. The number of amides is 3. The quantitative estimate of drug-likeness (QED) is 0.403. The van der Waals surface area contributed by atoms with Crippen LogP contribution < -0.4 is 4.74 Å². The molecule has 1 saturated heterocycles. The van der Waals surface area contributed by atoms with Gasteiger partial charge in [-0.25, -0.2) is 9.59 Å². The van der Waals surface area contributed by atoms with Gasteiger partial charge in [0.15, 0.2) is 0 Å². The number of carbonyl (C=O) groups excluding carboxylic acids is 2. The van der Waals surface area contributed by atoms with Gasteiger partial charge in [0.05, 0.1) is 17.5 Å². The van der Waals surface area contributed by atoms with Gasteiger partial charge in [-0.2, -0.15) is 0 Å². The van der Waals surface area contributed by atoms with Crippen LogP contribution in [0.3, 0.4) is 0 Å². The van der Waals surface area contributed by atoms with Crippen LogP contribution in [0.5, 0.6) is 5.75 Å². The second-order valence-corrected chi connectivity index (χ2v) is 9.51. The normalized spacial score (nSPS) is 18.7. The lowest BCUT2D eigenvalue weighted by atomic mass is 9.83. The van der Waals surface area contributed by atoms with Gasteiger partial charge in [-0.05, 0) is 41.8 Å². The van der Waals surface area contributed by atoms with E-state index in [0.29, 0.717) is 18.8 Å². The largest absolute Gasteiger partial charge is 0.488 e. The van der Waals surface area contributed by atoms with E-state index in [1.165, 1.54) is 11.9 Å². The van der Waals surface area contributed by atoms with E-state index in [-0.39, 0.29) is 30.1 Å². The van der Waals surface area contributed by atoms with Crippen LogP contribution in [0.15, 0.2) is 72.8 Å². The summed E-state index contributed by atoms with van der Waals surface area (Å²) in [6, 6.07) is 21.7. The Morgan fingerprint density at radius 3 is 2.49 bits per heavy atom. The minimum absolute atomic E-state index is 0.207. The van der Waals surface area contributed by atoms with Crippen molar-refractivity contribution in [1.29, 1.82) is 0 Å². The summed E-state index contributed by atoms with van der Waals surface area (Å²) in [4.78, 5) is 44.2. The van der Waals surface area contributed by atoms with Crippen molar-refractivity contribution in [2.24, 2.45) is 0 Å². The van der Waals surface area contributed by atoms with Crippen molar-refractivity contribution >= 4 is 28.8 Å². The van der Waals surface area contributed by atoms with Gasteiger partial charge in [0, 0.05) is 35.8 Å². The number of imide groups is 1. The number of nitrogens with zero attached hydrogens (tertiary/aromatic N) is 2. The highest BCUT2D eigenvalue weighted by atomic mass is 16.5. The number of fused-ring (bicyclic) bond motifs is 6. The first kappa shape index (κ1) is 22.8. The fourth-order valence-electron chi connectivity index (χ4n) is 5.46. The number of likely N-dealkylation sites (N-methyl/N-ethyl adjacent to an activating group) is 1. The van der Waals surface area contributed by atoms with Crippen molar-refractivity contribution in [2.75, 3.05) is 13.6 Å². The molecule has 2 aliphatic heterocycles. The average molecular weight is 496 g/mol. The summed E-state index contributed by atoms with van der Waals surface area (Å²) >= 11 is 0. The zero-order valence-corrected chi connectivity index (χ0v) is 20.2. The summed E-state index contributed by atoms with van der Waals surface area (Å²) in [5.74, 6) is -1.03. The number of carbonyl (C=O) groups is 3. The molecular weight excluding hydrogens is 470 g/mol. The average Bonchev–Trinajstić information content (AvgIpc) is 3.31. The molecule has 37 heavy (non-hydrogen) atoms. The summed E-state index contributed by atoms with van der Waals surface area (Å²) in [6.45, 7) is 0.676. The van der Waals surface area contributed by atoms with E-state index < -0.39 is 11.9 Å². The molecule has 1 aromatic heterocycles. The molecule has 4 aromatic rings. The van der Waals surface area contributed by atoms with Crippen LogP contribution in [0.2, 0.25) is 0 Å². The minimum atomic E-state index is -0.987. The van der Waals surface area contributed by atoms with Gasteiger partial charge < -0.3 is 19.7 Å². The Kier molecular flexibility index (Phi) is 5.44. The molecule has 1 fully saturated rings. The highest BCUT2D eigenvalue weighted by Gasteiger charge is 2.48. The van der Waals surface area contributed by atoms with Crippen molar-refractivity contribution in [3.63, 3.8) is 0 Å². The predicted octanol–water partition coefficient (Wildman–Crippen LogP) is 4.72. The van der Waals surface area contributed by atoms with Gasteiger partial charge in [-0.3, -0.25) is 9.69 Å². The van der Waals surface area contributed by atoms with Crippen molar-refractivity contribution in [3.8, 4) is 5.75 Å². The van der Waals surface area contributed by atoms with E-state index >= 15 is 0 Å². The Hall–Kier alpha value is -4.59. The zero-order valence-electron chi connectivity index (χ0n) is 20.2. The number of nitrogens with one attached hydrogen (secondary N) is 1. The van der Waals surface area contributed by atoms with E-state index in [4.69, 9.17) is 4.74 Å². The molecule has 0 aliphatic carbocycles. The third kappa shape index (κ3) is 3.81. The van der Waals surface area contributed by atoms with Crippen LogP contribution in [0.1, 0.15) is 44.7 Å². The maximum Gasteiger partial charge on any atom is 0.335 e. The summed E-state index contributed by atoms with van der Waals surface area (Å²) in [5, 5.41) is 10.1. The van der Waals surface area contributed by atoms with Crippen molar-refractivity contribution in [1.82, 2.24) is 14.8 Å². The van der Waals surface area contributed by atoms with Gasteiger partial charge >= 0.3 is 12.0 Å². The van der Waals surface area contributed by atoms with Crippen molar-refractivity contribution in [3.05, 3.63) is 101 Å². The molecule has 8 nitrogen and oxygen atoms in total. The first-order chi connectivity index (χ1) is 17.9. The molecule has 186 valence electrons. The standard InChI is InChI=1S/C29H25N3O5/c1-31-27(33)20-15-32(29(31)36)22(14-17-10-12-19(13-11-17)28(34)35)26-24(20)25-21(30-26)8-5-9-23(25)37-16-18-6-3-2-4-7-18/h2-13,20,22,30H,14-16H2,1H3,(H,34,35). The number of rotatable bonds is 6. The molecule has 2 N–H and O–H groups in total. The summed E-state index contributed by atoms with van der Waals surface area (Å²) in [5.41, 5.74) is 4.67. The maximum absolute atomic E-state index is 13.3. The molecular formula is C29H25N3O5. The lowest BCUT2D eigenvalue weighted by molar-refractivity contribution is -0.132. The molecule has 2 unspecified atom stereocenters. The first-order valence-electron chi connectivity index (χ1n) is 12.1. The number of hydrogen-bond donors (Lipinski definition) is 2. The lowest BCUT2D eigenvalue weighted by Gasteiger charge is -2.45. The molecule has 3 heterocycles. The van der Waals surface area contributed by atoms with E-state index in [1.807, 2.05) is 48.5 Å². The van der Waals surface area contributed by atoms with E-state index in [1.54, 1.807) is 29.2 Å². The van der Waals surface area contributed by atoms with Gasteiger partial charge in [-0.1, -0.05) is 48.5 Å². The molecule has 0 saturated carbocycles. The van der Waals surface area contributed by atoms with Crippen LogP contribution in [0.25, 0.3) is 10.9 Å². The van der Waals surface area contributed by atoms with Crippen LogP contribution in [-0.2, 0) is 17.8 Å². The Morgan fingerprint density at radius 2 is 1.76 bits per heavy atom. The smallest absolute Gasteiger partial charge is 0.335 e. The molecule has 0 spiro atoms. The number of carboxylic acids is 1. The number of ether oxygens (including phenoxy) is 1. The van der Waals surface area contributed by atoms with E-state index in [2.05, 4.69) is 4.98 Å². The molecule has 2 aliphatic rings. The number of benzene rings is 3. The first-order valence-corrected chi connectivity index (χ1v) is 12.1. The fourth-order valence-corrected chi connectivity index (χ4v) is 5.46. The molecule has 2 atom stereocenters. The Morgan fingerprint density at radius 1 is 1.00 bits per heavy atom. The van der Waals surface area contributed by atoms with Crippen molar-refractivity contribution in [2.45, 2.75) is 25.0 Å². The zero-order chi connectivity index (χ0) is 25.7. The molecule has 0 radical (unpaired) electrons. The number of aromatic nitrogens is 1. The van der Waals surface area contributed by atoms with Gasteiger partial charge in [0.2, 0.25) is 5.91 Å². The third-order valence-electron chi connectivity index (χ3n) is 7.32. The molecule has 3 aromatic carbocycles. The molecule has 2 bridgehead atoms. The Labute approximate surface area is 213 Å². The molecule has 8 heteroatoms. The van der Waals surface area contributed by atoms with Crippen LogP contribution in [-0.4, -0.2) is 51.4 Å². The number of urea groups is 1. The Bertz CT molecular complexity index is 1530. The SMILES string of the molecule is CN1C(=O)C2CN(C1=O)C(Cc1ccc(C(=O)O)cc1)c1[nH]c3cccc(OCc4ccccc4)c3c12. The number of aromatic amines is 1. The number of H-pyrrole nitrogens is 1. The summed E-state index contributed by atoms with van der Waals surface area (Å²) in [7, 11) is 1.52. The van der Waals surface area contributed by atoms with Crippen LogP contribution >= 0.6 is 0 Å². The Balaban J connectivity index is 1.45. The lowest BCUT2D eigenvalue weighted by Crippen LogP contribution is -2.57. The topological polar surface area (TPSA) is 103 Å². The minimum Gasteiger partial charge on any atom is -0.488 e. The predicted molar refractivity (Wildman–Crippen MR) is 137 cm³/mol. The van der Waals surface area contributed by atoms with Crippen molar-refractivity contribution < 1.29 is 24.2 Å². The highest BCUT2D eigenvalue weighted by Crippen LogP contribution is 2.47. The van der Waals surface area contributed by atoms with Gasteiger partial charge in [-0.15, -0.1) is 0 Å². The fraction of sp³-hybridized carbons (Fsp3) is 0.207. The molecule has 3 amide bonds. The summed E-state index contributed by atoms with van der Waals surface area (Å²) < 4.78 is 6.26. The third-order valence-corrected chi connectivity index (χ3v) is 7.32. The van der Waals surface area contributed by atoms with E-state index in [0.717, 1.165) is 33.3 Å². The van der Waals surface area contributed by atoms with Crippen LogP contribution in [0.4, 0.5) is 4.79 Å². The second-order valence-electron chi connectivity index (χ2n) is 9.51. The monoisotopic (exact) mass is 495 g/mol. The van der Waals surface area contributed by atoms with E-state index in [9.17, 15) is 19.5 Å². The number of hydrogen-bond acceptors (Lipinski definition) is 4. The van der Waals surface area contributed by atoms with Gasteiger partial charge in [0.1, 0.15) is 12.4 Å². The molecule has 6 rings (SSSR count). The van der Waals surface area contributed by atoms with Crippen LogP contribution in [0, 0.1) is 0 Å².